The quantitative estimate of drug-likeness (QED) is 0.731. The van der Waals surface area contributed by atoms with Gasteiger partial charge in [0.1, 0.15) is 0 Å². The standard InChI is InChI=1S/C20H34N2O/c1-5-12-21-13-7-14-22(16-15-21)19(23)10-9-18-17(2)8-6-11-20(18,3)4/h9-10H,5-8,11-16H2,1-4H3/b10-9+. The van der Waals surface area contributed by atoms with Crippen LogP contribution < -0.4 is 0 Å². The highest BCUT2D eigenvalue weighted by atomic mass is 16.2. The highest BCUT2D eigenvalue weighted by molar-refractivity contribution is 5.88. The topological polar surface area (TPSA) is 23.6 Å². The van der Waals surface area contributed by atoms with E-state index < -0.39 is 0 Å². The Hall–Kier alpha value is -1.09. The molecule has 0 saturated carbocycles. The third kappa shape index (κ3) is 4.94. The Morgan fingerprint density at radius 3 is 2.65 bits per heavy atom. The average molecular weight is 319 g/mol. The molecule has 3 nitrogen and oxygen atoms in total. The number of hydrogen-bond donors (Lipinski definition) is 0. The minimum absolute atomic E-state index is 0.185. The number of rotatable bonds is 4. The second-order valence-corrected chi connectivity index (χ2v) is 7.79. The van der Waals surface area contributed by atoms with E-state index in [0.29, 0.717) is 0 Å². The molecule has 23 heavy (non-hydrogen) atoms. The number of amides is 1. The van der Waals surface area contributed by atoms with Crippen molar-refractivity contribution in [3.05, 3.63) is 23.3 Å². The Morgan fingerprint density at radius 1 is 1.17 bits per heavy atom. The van der Waals surface area contributed by atoms with Crippen LogP contribution in [0.4, 0.5) is 0 Å². The van der Waals surface area contributed by atoms with E-state index in [4.69, 9.17) is 0 Å². The van der Waals surface area contributed by atoms with E-state index in [2.05, 4.69) is 38.7 Å². The van der Waals surface area contributed by atoms with Gasteiger partial charge in [-0.15, -0.1) is 0 Å². The van der Waals surface area contributed by atoms with Gasteiger partial charge < -0.3 is 9.80 Å². The van der Waals surface area contributed by atoms with Crippen molar-refractivity contribution in [2.24, 2.45) is 5.41 Å². The molecular weight excluding hydrogens is 284 g/mol. The van der Waals surface area contributed by atoms with Crippen molar-refractivity contribution in [1.29, 1.82) is 0 Å². The van der Waals surface area contributed by atoms with Crippen LogP contribution in [-0.4, -0.2) is 48.4 Å². The number of allylic oxidation sites excluding steroid dienone is 3. The monoisotopic (exact) mass is 318 g/mol. The predicted octanol–water partition coefficient (Wildman–Crippen LogP) is 4.01. The van der Waals surface area contributed by atoms with Gasteiger partial charge in [0.25, 0.3) is 0 Å². The van der Waals surface area contributed by atoms with E-state index in [-0.39, 0.29) is 11.3 Å². The zero-order valence-corrected chi connectivity index (χ0v) is 15.5. The second kappa shape index (κ2) is 8.14. The van der Waals surface area contributed by atoms with Crippen molar-refractivity contribution < 1.29 is 4.79 Å². The third-order valence-corrected chi connectivity index (χ3v) is 5.38. The molecule has 0 atom stereocenters. The van der Waals surface area contributed by atoms with Crippen molar-refractivity contribution in [2.75, 3.05) is 32.7 Å². The number of carbonyl (C=O) groups excluding carboxylic acids is 1. The minimum atomic E-state index is 0.185. The van der Waals surface area contributed by atoms with Crippen LogP contribution in [0.2, 0.25) is 0 Å². The summed E-state index contributed by atoms with van der Waals surface area (Å²) in [6.07, 6.45) is 9.86. The predicted molar refractivity (Wildman–Crippen MR) is 97.4 cm³/mol. The number of hydrogen-bond acceptors (Lipinski definition) is 2. The fourth-order valence-corrected chi connectivity index (χ4v) is 4.00. The summed E-state index contributed by atoms with van der Waals surface area (Å²) in [6, 6.07) is 0. The number of carbonyl (C=O) groups is 1. The first-order valence-electron chi connectivity index (χ1n) is 9.33. The van der Waals surface area contributed by atoms with Gasteiger partial charge in [-0.25, -0.2) is 0 Å². The van der Waals surface area contributed by atoms with E-state index in [1.165, 1.54) is 36.8 Å². The fraction of sp³-hybridized carbons (Fsp3) is 0.750. The van der Waals surface area contributed by atoms with Crippen molar-refractivity contribution >= 4 is 5.91 Å². The molecule has 1 amide bonds. The first-order chi connectivity index (χ1) is 10.9. The van der Waals surface area contributed by atoms with Crippen LogP contribution in [0, 0.1) is 5.41 Å². The Balaban J connectivity index is 1.98. The SMILES string of the molecule is CCCN1CCCN(C(=O)/C=C/C2=C(C)CCCC2(C)C)CC1. The van der Waals surface area contributed by atoms with E-state index in [0.717, 1.165) is 39.1 Å². The summed E-state index contributed by atoms with van der Waals surface area (Å²) in [5, 5.41) is 0. The molecule has 0 radical (unpaired) electrons. The van der Waals surface area contributed by atoms with Gasteiger partial charge in [0.2, 0.25) is 5.91 Å². The summed E-state index contributed by atoms with van der Waals surface area (Å²) < 4.78 is 0. The summed E-state index contributed by atoms with van der Waals surface area (Å²) in [7, 11) is 0. The zero-order valence-electron chi connectivity index (χ0n) is 15.5. The number of nitrogens with zero attached hydrogens (tertiary/aromatic N) is 2. The molecular formula is C20H34N2O. The maximum Gasteiger partial charge on any atom is 0.246 e. The molecule has 0 unspecified atom stereocenters. The smallest absolute Gasteiger partial charge is 0.246 e. The molecule has 1 fully saturated rings. The molecule has 1 saturated heterocycles. The molecule has 130 valence electrons. The molecule has 0 aromatic heterocycles. The van der Waals surface area contributed by atoms with Crippen LogP contribution in [0.1, 0.15) is 59.8 Å². The van der Waals surface area contributed by atoms with E-state index >= 15 is 0 Å². The van der Waals surface area contributed by atoms with Gasteiger partial charge in [0.05, 0.1) is 0 Å². The van der Waals surface area contributed by atoms with Gasteiger partial charge in [-0.1, -0.05) is 32.4 Å². The van der Waals surface area contributed by atoms with E-state index in [1.54, 1.807) is 0 Å². The van der Waals surface area contributed by atoms with Crippen LogP contribution in [0.15, 0.2) is 23.3 Å². The van der Waals surface area contributed by atoms with Gasteiger partial charge in [0.15, 0.2) is 0 Å². The molecule has 2 aliphatic rings. The summed E-state index contributed by atoms with van der Waals surface area (Å²) in [4.78, 5) is 17.1. The Morgan fingerprint density at radius 2 is 1.96 bits per heavy atom. The normalized spacial score (nSPS) is 23.4. The molecule has 0 N–H and O–H groups in total. The van der Waals surface area contributed by atoms with Crippen molar-refractivity contribution in [1.82, 2.24) is 9.80 Å². The Kier molecular flexibility index (Phi) is 6.46. The van der Waals surface area contributed by atoms with Crippen LogP contribution in [0.3, 0.4) is 0 Å². The minimum Gasteiger partial charge on any atom is -0.338 e. The molecule has 3 heteroatoms. The molecule has 0 bridgehead atoms. The summed E-state index contributed by atoms with van der Waals surface area (Å²) in [5.41, 5.74) is 3.03. The van der Waals surface area contributed by atoms with E-state index in [9.17, 15) is 4.79 Å². The lowest BCUT2D eigenvalue weighted by atomic mass is 9.72. The highest BCUT2D eigenvalue weighted by Crippen LogP contribution is 2.40. The molecule has 1 heterocycles. The van der Waals surface area contributed by atoms with Crippen LogP contribution >= 0.6 is 0 Å². The molecule has 0 aromatic carbocycles. The van der Waals surface area contributed by atoms with Crippen molar-refractivity contribution in [3.63, 3.8) is 0 Å². The first-order valence-corrected chi connectivity index (χ1v) is 9.33. The summed E-state index contributed by atoms with van der Waals surface area (Å²) >= 11 is 0. The van der Waals surface area contributed by atoms with E-state index in [1.807, 2.05) is 11.0 Å². The lowest BCUT2D eigenvalue weighted by Crippen LogP contribution is -2.34. The van der Waals surface area contributed by atoms with Crippen LogP contribution in [0.5, 0.6) is 0 Å². The molecule has 0 aromatic rings. The Labute approximate surface area is 142 Å². The molecule has 0 spiro atoms. The maximum atomic E-state index is 12.6. The fourth-order valence-electron chi connectivity index (χ4n) is 4.00. The first kappa shape index (κ1) is 18.3. The van der Waals surface area contributed by atoms with Gasteiger partial charge >= 0.3 is 0 Å². The lowest BCUT2D eigenvalue weighted by molar-refractivity contribution is -0.125. The van der Waals surface area contributed by atoms with Gasteiger partial charge in [-0.05, 0) is 63.1 Å². The molecule has 1 aliphatic carbocycles. The maximum absolute atomic E-state index is 12.6. The largest absolute Gasteiger partial charge is 0.338 e. The summed E-state index contributed by atoms with van der Waals surface area (Å²) in [6.45, 7) is 14.1. The van der Waals surface area contributed by atoms with Crippen molar-refractivity contribution in [2.45, 2.75) is 59.8 Å². The van der Waals surface area contributed by atoms with Gasteiger partial charge in [-0.3, -0.25) is 4.79 Å². The average Bonchev–Trinajstić information content (AvgIpc) is 2.72. The lowest BCUT2D eigenvalue weighted by Gasteiger charge is -2.33. The van der Waals surface area contributed by atoms with Gasteiger partial charge in [-0.2, -0.15) is 0 Å². The second-order valence-electron chi connectivity index (χ2n) is 7.79. The Bertz CT molecular complexity index is 476. The van der Waals surface area contributed by atoms with Crippen LogP contribution in [0.25, 0.3) is 0 Å². The molecule has 1 aliphatic heterocycles. The van der Waals surface area contributed by atoms with Crippen molar-refractivity contribution in [3.8, 4) is 0 Å². The zero-order chi connectivity index (χ0) is 16.9. The highest BCUT2D eigenvalue weighted by Gasteiger charge is 2.27. The molecule has 2 rings (SSSR count). The third-order valence-electron chi connectivity index (χ3n) is 5.38. The summed E-state index contributed by atoms with van der Waals surface area (Å²) in [5.74, 6) is 0.185. The van der Waals surface area contributed by atoms with Gasteiger partial charge in [0, 0.05) is 25.7 Å². The van der Waals surface area contributed by atoms with Crippen LogP contribution in [-0.2, 0) is 4.79 Å².